The normalized spacial score (nSPS) is 16.0. The predicted molar refractivity (Wildman–Crippen MR) is 119 cm³/mol. The van der Waals surface area contributed by atoms with Crippen LogP contribution >= 0.6 is 0 Å². The van der Waals surface area contributed by atoms with Gasteiger partial charge in [0, 0.05) is 37.0 Å². The third kappa shape index (κ3) is 4.71. The Kier molecular flexibility index (Phi) is 6.23. The molecule has 7 heteroatoms. The summed E-state index contributed by atoms with van der Waals surface area (Å²) in [5, 5.41) is 6.30. The maximum Gasteiger partial charge on any atom is 0.272 e. The molecule has 1 aromatic carbocycles. The van der Waals surface area contributed by atoms with Crippen molar-refractivity contribution in [1.29, 1.82) is 0 Å². The average Bonchev–Trinajstić information content (AvgIpc) is 3.19. The Labute approximate surface area is 181 Å². The van der Waals surface area contributed by atoms with Gasteiger partial charge in [-0.3, -0.25) is 14.7 Å². The number of nitrogens with zero attached hydrogens (tertiary/aromatic N) is 2. The Morgan fingerprint density at radius 1 is 1.26 bits per heavy atom. The van der Waals surface area contributed by atoms with E-state index < -0.39 is 0 Å². The molecule has 3 heterocycles. The fourth-order valence-electron chi connectivity index (χ4n) is 4.19. The van der Waals surface area contributed by atoms with E-state index >= 15 is 0 Å². The standard InChI is InChI=1S/C24H30N4O3/c1-15(2)24(26-22(29)12-18-7-5-4-6-16(18)3)20-14-23(30)28-21(25-20)13-19(27-28)17-8-10-31-11-9-17/h4-7,13-15,17,24,27H,8-12H2,1-3H3,(H,26,29). The Balaban J connectivity index is 1.58. The van der Waals surface area contributed by atoms with E-state index in [-0.39, 0.29) is 23.4 Å². The Hall–Kier alpha value is -2.93. The van der Waals surface area contributed by atoms with Crippen molar-refractivity contribution in [2.75, 3.05) is 13.2 Å². The monoisotopic (exact) mass is 422 g/mol. The first-order valence-corrected chi connectivity index (χ1v) is 11.0. The summed E-state index contributed by atoms with van der Waals surface area (Å²) in [6, 6.07) is 11.0. The van der Waals surface area contributed by atoms with Crippen molar-refractivity contribution in [2.45, 2.75) is 52.0 Å². The van der Waals surface area contributed by atoms with Gasteiger partial charge in [-0.25, -0.2) is 9.50 Å². The zero-order valence-electron chi connectivity index (χ0n) is 18.4. The van der Waals surface area contributed by atoms with Crippen LogP contribution in [0.15, 0.2) is 41.2 Å². The number of carbonyl (C=O) groups excluding carboxylic acids is 1. The minimum absolute atomic E-state index is 0.0769. The smallest absolute Gasteiger partial charge is 0.272 e. The number of carbonyl (C=O) groups is 1. The summed E-state index contributed by atoms with van der Waals surface area (Å²) in [7, 11) is 0. The molecular weight excluding hydrogens is 392 g/mol. The number of benzene rings is 1. The number of hydrogen-bond donors (Lipinski definition) is 2. The first kappa shape index (κ1) is 21.3. The van der Waals surface area contributed by atoms with Crippen molar-refractivity contribution in [2.24, 2.45) is 5.92 Å². The van der Waals surface area contributed by atoms with Gasteiger partial charge in [-0.2, -0.15) is 0 Å². The summed E-state index contributed by atoms with van der Waals surface area (Å²) in [5.74, 6) is 0.351. The number of nitrogens with one attached hydrogen (secondary N) is 2. The molecule has 1 aliphatic rings. The van der Waals surface area contributed by atoms with E-state index in [1.165, 1.54) is 10.6 Å². The lowest BCUT2D eigenvalue weighted by molar-refractivity contribution is -0.121. The van der Waals surface area contributed by atoms with Crippen molar-refractivity contribution in [3.8, 4) is 0 Å². The van der Waals surface area contributed by atoms with E-state index in [1.807, 2.05) is 51.1 Å². The van der Waals surface area contributed by atoms with Gasteiger partial charge in [0.1, 0.15) is 0 Å². The van der Waals surface area contributed by atoms with Crippen molar-refractivity contribution in [1.82, 2.24) is 19.9 Å². The summed E-state index contributed by atoms with van der Waals surface area (Å²) in [6.07, 6.45) is 2.16. The van der Waals surface area contributed by atoms with E-state index in [0.717, 1.165) is 42.9 Å². The van der Waals surface area contributed by atoms with Gasteiger partial charge in [0.25, 0.3) is 5.56 Å². The number of fused-ring (bicyclic) bond motifs is 1. The summed E-state index contributed by atoms with van der Waals surface area (Å²) < 4.78 is 6.93. The highest BCUT2D eigenvalue weighted by Gasteiger charge is 2.23. The van der Waals surface area contributed by atoms with Gasteiger partial charge in [-0.15, -0.1) is 0 Å². The molecule has 2 aromatic heterocycles. The predicted octanol–water partition coefficient (Wildman–Crippen LogP) is 3.28. The Morgan fingerprint density at radius 2 is 2.00 bits per heavy atom. The van der Waals surface area contributed by atoms with Crippen LogP contribution in [0.5, 0.6) is 0 Å². The number of ether oxygens (including phenoxy) is 1. The zero-order valence-corrected chi connectivity index (χ0v) is 18.4. The number of amides is 1. The van der Waals surface area contributed by atoms with Gasteiger partial charge < -0.3 is 10.1 Å². The summed E-state index contributed by atoms with van der Waals surface area (Å²) in [5.41, 5.74) is 4.10. The van der Waals surface area contributed by atoms with Gasteiger partial charge in [0.2, 0.25) is 5.91 Å². The van der Waals surface area contributed by atoms with E-state index in [0.29, 0.717) is 23.7 Å². The molecular formula is C24H30N4O3. The first-order valence-electron chi connectivity index (χ1n) is 11.0. The van der Waals surface area contributed by atoms with Crippen LogP contribution in [0.4, 0.5) is 0 Å². The second-order valence-corrected chi connectivity index (χ2v) is 8.70. The lowest BCUT2D eigenvalue weighted by atomic mass is 9.97. The summed E-state index contributed by atoms with van der Waals surface area (Å²) >= 11 is 0. The lowest BCUT2D eigenvalue weighted by Gasteiger charge is -2.22. The number of aromatic amines is 1. The molecule has 0 bridgehead atoms. The number of aryl methyl sites for hydroxylation is 1. The van der Waals surface area contributed by atoms with Crippen LogP contribution in [0, 0.1) is 12.8 Å². The van der Waals surface area contributed by atoms with E-state index in [9.17, 15) is 9.59 Å². The van der Waals surface area contributed by atoms with Crippen LogP contribution in [-0.4, -0.2) is 33.7 Å². The SMILES string of the molecule is Cc1ccccc1CC(=O)NC(c1cc(=O)n2[nH]c(C3CCOCC3)cc2n1)C(C)C. The molecule has 0 aliphatic carbocycles. The molecule has 0 spiro atoms. The first-order chi connectivity index (χ1) is 14.9. The van der Waals surface area contributed by atoms with Crippen LogP contribution in [0.25, 0.3) is 5.65 Å². The quantitative estimate of drug-likeness (QED) is 0.638. The topological polar surface area (TPSA) is 88.5 Å². The average molecular weight is 423 g/mol. The second-order valence-electron chi connectivity index (χ2n) is 8.70. The maximum absolute atomic E-state index is 12.8. The molecule has 7 nitrogen and oxygen atoms in total. The molecule has 1 atom stereocenters. The number of aromatic nitrogens is 3. The molecule has 0 saturated carbocycles. The van der Waals surface area contributed by atoms with E-state index in [4.69, 9.17) is 9.72 Å². The van der Waals surface area contributed by atoms with Crippen LogP contribution in [0.1, 0.15) is 61.2 Å². The van der Waals surface area contributed by atoms with Gasteiger partial charge in [-0.1, -0.05) is 38.1 Å². The Bertz CT molecular complexity index is 1130. The number of rotatable bonds is 6. The Morgan fingerprint density at radius 3 is 2.71 bits per heavy atom. The summed E-state index contributed by atoms with van der Waals surface area (Å²) in [6.45, 7) is 7.51. The van der Waals surface area contributed by atoms with Crippen LogP contribution in [-0.2, 0) is 16.0 Å². The van der Waals surface area contributed by atoms with Crippen LogP contribution in [0.3, 0.4) is 0 Å². The lowest BCUT2D eigenvalue weighted by Crippen LogP contribution is -2.34. The molecule has 2 N–H and O–H groups in total. The molecule has 3 aromatic rings. The highest BCUT2D eigenvalue weighted by Crippen LogP contribution is 2.27. The summed E-state index contributed by atoms with van der Waals surface area (Å²) in [4.78, 5) is 30.3. The fraction of sp³-hybridized carbons (Fsp3) is 0.458. The molecule has 1 saturated heterocycles. The molecule has 31 heavy (non-hydrogen) atoms. The third-order valence-corrected chi connectivity index (χ3v) is 6.07. The van der Waals surface area contributed by atoms with Crippen molar-refractivity contribution < 1.29 is 9.53 Å². The minimum Gasteiger partial charge on any atom is -0.381 e. The van der Waals surface area contributed by atoms with Crippen LogP contribution < -0.4 is 10.9 Å². The second kappa shape index (κ2) is 9.06. The van der Waals surface area contributed by atoms with Crippen molar-refractivity contribution >= 4 is 11.6 Å². The van der Waals surface area contributed by atoms with Gasteiger partial charge >= 0.3 is 0 Å². The number of hydrogen-bond acceptors (Lipinski definition) is 4. The molecule has 0 radical (unpaired) electrons. The third-order valence-electron chi connectivity index (χ3n) is 6.07. The van der Waals surface area contributed by atoms with Gasteiger partial charge in [0.05, 0.1) is 18.2 Å². The number of H-pyrrole nitrogens is 1. The molecule has 1 fully saturated rings. The minimum atomic E-state index is -0.337. The highest BCUT2D eigenvalue weighted by molar-refractivity contribution is 5.79. The van der Waals surface area contributed by atoms with Crippen molar-refractivity contribution in [3.05, 3.63) is 69.3 Å². The molecule has 4 rings (SSSR count). The maximum atomic E-state index is 12.8. The largest absolute Gasteiger partial charge is 0.381 e. The molecule has 1 amide bonds. The molecule has 164 valence electrons. The molecule has 1 aliphatic heterocycles. The zero-order chi connectivity index (χ0) is 22.0. The van der Waals surface area contributed by atoms with Gasteiger partial charge in [0.15, 0.2) is 5.65 Å². The molecule has 1 unspecified atom stereocenters. The fourth-order valence-corrected chi connectivity index (χ4v) is 4.19. The van der Waals surface area contributed by atoms with Crippen molar-refractivity contribution in [3.63, 3.8) is 0 Å². The van der Waals surface area contributed by atoms with Crippen LogP contribution in [0.2, 0.25) is 0 Å². The van der Waals surface area contributed by atoms with Gasteiger partial charge in [-0.05, 0) is 36.8 Å². The van der Waals surface area contributed by atoms with E-state index in [1.54, 1.807) is 0 Å². The van der Waals surface area contributed by atoms with E-state index in [2.05, 4.69) is 10.4 Å². The highest BCUT2D eigenvalue weighted by atomic mass is 16.5.